The van der Waals surface area contributed by atoms with E-state index in [-0.39, 0.29) is 5.56 Å². The maximum absolute atomic E-state index is 13.7. The normalized spacial score (nSPS) is 10.4. The van der Waals surface area contributed by atoms with Crippen LogP contribution in [-0.4, -0.2) is 19.1 Å². The number of rotatable bonds is 8. The first-order valence-corrected chi connectivity index (χ1v) is 8.21. The first kappa shape index (κ1) is 18.7. The Morgan fingerprint density at radius 3 is 2.28 bits per heavy atom. The van der Waals surface area contributed by atoms with Crippen LogP contribution < -0.4 is 14.8 Å². The van der Waals surface area contributed by atoms with Gasteiger partial charge in [-0.05, 0) is 37.1 Å². The fourth-order valence-electron chi connectivity index (χ4n) is 2.11. The van der Waals surface area contributed by atoms with Crippen LogP contribution in [0.4, 0.5) is 14.5 Å². The quantitative estimate of drug-likeness (QED) is 0.745. The van der Waals surface area contributed by atoms with E-state index in [1.807, 2.05) is 13.8 Å². The summed E-state index contributed by atoms with van der Waals surface area (Å²) >= 11 is 0. The summed E-state index contributed by atoms with van der Waals surface area (Å²) < 4.78 is 37.9. The smallest absolute Gasteiger partial charge is 0.258 e. The average molecular weight is 349 g/mol. The molecule has 6 heteroatoms. The van der Waals surface area contributed by atoms with Gasteiger partial charge < -0.3 is 14.8 Å². The zero-order valence-electron chi connectivity index (χ0n) is 14.3. The third kappa shape index (κ3) is 5.17. The molecule has 0 aliphatic carbocycles. The summed E-state index contributed by atoms with van der Waals surface area (Å²) in [5, 5.41) is 2.58. The van der Waals surface area contributed by atoms with Crippen molar-refractivity contribution in [2.75, 3.05) is 18.5 Å². The van der Waals surface area contributed by atoms with Gasteiger partial charge in [-0.2, -0.15) is 0 Å². The van der Waals surface area contributed by atoms with E-state index in [1.54, 1.807) is 18.2 Å². The van der Waals surface area contributed by atoms with Crippen LogP contribution in [0.2, 0.25) is 0 Å². The number of amides is 1. The third-order valence-corrected chi connectivity index (χ3v) is 3.30. The number of benzene rings is 2. The zero-order chi connectivity index (χ0) is 18.2. The molecule has 2 rings (SSSR count). The lowest BCUT2D eigenvalue weighted by Gasteiger charge is -2.14. The molecule has 0 unspecified atom stereocenters. The Morgan fingerprint density at radius 2 is 1.64 bits per heavy atom. The van der Waals surface area contributed by atoms with Crippen LogP contribution in [0, 0.1) is 11.6 Å². The van der Waals surface area contributed by atoms with Crippen molar-refractivity contribution in [3.8, 4) is 11.5 Å². The molecule has 0 aliphatic rings. The maximum atomic E-state index is 13.7. The number of ether oxygens (including phenoxy) is 2. The largest absolute Gasteiger partial charge is 0.490 e. The van der Waals surface area contributed by atoms with Gasteiger partial charge in [0, 0.05) is 17.8 Å². The van der Waals surface area contributed by atoms with Crippen LogP contribution in [0.5, 0.6) is 11.5 Å². The minimum Gasteiger partial charge on any atom is -0.490 e. The van der Waals surface area contributed by atoms with Crippen LogP contribution in [-0.2, 0) is 0 Å². The lowest BCUT2D eigenvalue weighted by Crippen LogP contribution is -2.14. The highest BCUT2D eigenvalue weighted by Crippen LogP contribution is 2.31. The van der Waals surface area contributed by atoms with E-state index in [0.717, 1.165) is 25.0 Å². The van der Waals surface area contributed by atoms with E-state index in [0.29, 0.717) is 36.5 Å². The van der Waals surface area contributed by atoms with Gasteiger partial charge in [0.05, 0.1) is 18.8 Å². The molecule has 0 spiro atoms. The maximum Gasteiger partial charge on any atom is 0.258 e. The lowest BCUT2D eigenvalue weighted by molar-refractivity contribution is 0.102. The molecule has 1 amide bonds. The highest BCUT2D eigenvalue weighted by atomic mass is 19.1. The second-order valence-electron chi connectivity index (χ2n) is 5.44. The minimum atomic E-state index is -0.914. The fraction of sp³-hybridized carbons (Fsp3) is 0.316. The van der Waals surface area contributed by atoms with E-state index < -0.39 is 17.5 Å². The second-order valence-corrected chi connectivity index (χ2v) is 5.44. The molecule has 0 bridgehead atoms. The van der Waals surface area contributed by atoms with Crippen molar-refractivity contribution >= 4 is 11.6 Å². The SMILES string of the molecule is CCCOc1ccc(NC(=O)c2ccc(F)cc2F)cc1OCCC. The Labute approximate surface area is 145 Å². The van der Waals surface area contributed by atoms with Gasteiger partial charge in [0.1, 0.15) is 11.6 Å². The summed E-state index contributed by atoms with van der Waals surface area (Å²) in [5.74, 6) is -1.22. The van der Waals surface area contributed by atoms with E-state index in [2.05, 4.69) is 5.32 Å². The van der Waals surface area contributed by atoms with Gasteiger partial charge >= 0.3 is 0 Å². The summed E-state index contributed by atoms with van der Waals surface area (Å²) in [7, 11) is 0. The fourth-order valence-corrected chi connectivity index (χ4v) is 2.11. The summed E-state index contributed by atoms with van der Waals surface area (Å²) in [6.07, 6.45) is 1.68. The van der Waals surface area contributed by atoms with Crippen molar-refractivity contribution in [2.45, 2.75) is 26.7 Å². The first-order valence-electron chi connectivity index (χ1n) is 8.21. The summed E-state index contributed by atoms with van der Waals surface area (Å²) in [6, 6.07) is 7.77. The van der Waals surface area contributed by atoms with Crippen molar-refractivity contribution in [1.29, 1.82) is 0 Å². The lowest BCUT2D eigenvalue weighted by atomic mass is 10.2. The zero-order valence-corrected chi connectivity index (χ0v) is 14.3. The van der Waals surface area contributed by atoms with E-state index in [9.17, 15) is 13.6 Å². The molecule has 0 saturated heterocycles. The van der Waals surface area contributed by atoms with E-state index >= 15 is 0 Å². The molecule has 0 aromatic heterocycles. The van der Waals surface area contributed by atoms with E-state index in [4.69, 9.17) is 9.47 Å². The second kappa shape index (κ2) is 9.01. The van der Waals surface area contributed by atoms with Crippen LogP contribution in [0.25, 0.3) is 0 Å². The molecule has 0 radical (unpaired) electrons. The topological polar surface area (TPSA) is 47.6 Å². The van der Waals surface area contributed by atoms with Crippen molar-refractivity contribution in [3.63, 3.8) is 0 Å². The first-order chi connectivity index (χ1) is 12.0. The summed E-state index contributed by atoms with van der Waals surface area (Å²) in [5.41, 5.74) is 0.201. The van der Waals surface area contributed by atoms with E-state index in [1.165, 1.54) is 0 Å². The molecular weight excluding hydrogens is 328 g/mol. The molecule has 0 atom stereocenters. The number of anilines is 1. The van der Waals surface area contributed by atoms with Gasteiger partial charge in [-0.25, -0.2) is 8.78 Å². The average Bonchev–Trinajstić information content (AvgIpc) is 2.58. The van der Waals surface area contributed by atoms with Gasteiger partial charge in [-0.3, -0.25) is 4.79 Å². The molecule has 0 saturated carbocycles. The number of halogens is 2. The molecule has 4 nitrogen and oxygen atoms in total. The number of nitrogens with one attached hydrogen (secondary N) is 1. The molecule has 134 valence electrons. The molecule has 1 N–H and O–H groups in total. The van der Waals surface area contributed by atoms with Crippen molar-refractivity contribution in [1.82, 2.24) is 0 Å². The van der Waals surface area contributed by atoms with Gasteiger partial charge in [-0.1, -0.05) is 13.8 Å². The molecule has 25 heavy (non-hydrogen) atoms. The molecule has 2 aromatic carbocycles. The predicted octanol–water partition coefficient (Wildman–Crippen LogP) is 4.79. The van der Waals surface area contributed by atoms with Gasteiger partial charge in [-0.15, -0.1) is 0 Å². The Hall–Kier alpha value is -2.63. The molecule has 0 aliphatic heterocycles. The Bertz CT molecular complexity index is 735. The molecule has 0 heterocycles. The standard InChI is InChI=1S/C19H21F2NO3/c1-3-9-24-17-8-6-14(12-18(17)25-10-4-2)22-19(23)15-7-5-13(20)11-16(15)21/h5-8,11-12H,3-4,9-10H2,1-2H3,(H,22,23). The number of carbonyl (C=O) groups is 1. The highest BCUT2D eigenvalue weighted by molar-refractivity contribution is 6.04. The molecule has 0 fully saturated rings. The van der Waals surface area contributed by atoms with Crippen LogP contribution in [0.1, 0.15) is 37.0 Å². The predicted molar refractivity (Wildman–Crippen MR) is 92.3 cm³/mol. The Kier molecular flexibility index (Phi) is 6.74. The van der Waals surface area contributed by atoms with Crippen LogP contribution in [0.3, 0.4) is 0 Å². The third-order valence-electron chi connectivity index (χ3n) is 3.30. The van der Waals surface area contributed by atoms with Crippen molar-refractivity contribution in [3.05, 3.63) is 53.6 Å². The summed E-state index contributed by atoms with van der Waals surface area (Å²) in [4.78, 5) is 12.2. The number of carbonyl (C=O) groups excluding carboxylic acids is 1. The van der Waals surface area contributed by atoms with Crippen molar-refractivity contribution < 1.29 is 23.0 Å². The van der Waals surface area contributed by atoms with Gasteiger partial charge in [0.2, 0.25) is 0 Å². The Balaban J connectivity index is 2.19. The minimum absolute atomic E-state index is 0.233. The van der Waals surface area contributed by atoms with Gasteiger partial charge in [0.15, 0.2) is 11.5 Å². The van der Waals surface area contributed by atoms with Gasteiger partial charge in [0.25, 0.3) is 5.91 Å². The Morgan fingerprint density at radius 1 is 0.960 bits per heavy atom. The highest BCUT2D eigenvalue weighted by Gasteiger charge is 2.14. The number of hydrogen-bond donors (Lipinski definition) is 1. The number of hydrogen-bond acceptors (Lipinski definition) is 3. The summed E-state index contributed by atoms with van der Waals surface area (Å²) in [6.45, 7) is 5.04. The van der Waals surface area contributed by atoms with Crippen LogP contribution >= 0.6 is 0 Å². The monoisotopic (exact) mass is 349 g/mol. The molecule has 2 aromatic rings. The molecular formula is C19H21F2NO3. The van der Waals surface area contributed by atoms with Crippen molar-refractivity contribution in [2.24, 2.45) is 0 Å². The van der Waals surface area contributed by atoms with Crippen LogP contribution in [0.15, 0.2) is 36.4 Å².